The van der Waals surface area contributed by atoms with Crippen LogP contribution in [0, 0.1) is 12.8 Å². The minimum absolute atomic E-state index is 0.0320. The molecule has 1 aliphatic rings. The molecule has 0 unspecified atom stereocenters. The van der Waals surface area contributed by atoms with Crippen molar-refractivity contribution in [1.29, 1.82) is 0 Å². The molecule has 2 aromatic heterocycles. The summed E-state index contributed by atoms with van der Waals surface area (Å²) in [6.45, 7) is 12.3. The van der Waals surface area contributed by atoms with E-state index in [1.807, 2.05) is 42.5 Å². The molecular weight excluding hydrogens is 430 g/mol. The van der Waals surface area contributed by atoms with Gasteiger partial charge in [-0.1, -0.05) is 39.3 Å². The Hall–Kier alpha value is -2.72. The summed E-state index contributed by atoms with van der Waals surface area (Å²) in [4.78, 5) is 24.0. The average Bonchev–Trinajstić information content (AvgIpc) is 2.78. The first-order valence-corrected chi connectivity index (χ1v) is 12.0. The molecule has 0 bridgehead atoms. The number of halogens is 1. The highest BCUT2D eigenvalue weighted by atomic mass is 35.5. The third-order valence-corrected chi connectivity index (χ3v) is 6.79. The van der Waals surface area contributed by atoms with Crippen molar-refractivity contribution in [2.24, 2.45) is 5.92 Å². The Labute approximate surface area is 202 Å². The van der Waals surface area contributed by atoms with Gasteiger partial charge in [0.15, 0.2) is 0 Å². The molecule has 4 nitrogen and oxygen atoms in total. The Morgan fingerprint density at radius 1 is 1.03 bits per heavy atom. The molecule has 1 saturated heterocycles. The number of amides is 1. The van der Waals surface area contributed by atoms with Crippen molar-refractivity contribution in [3.05, 3.63) is 70.8 Å². The van der Waals surface area contributed by atoms with Gasteiger partial charge in [0.05, 0.1) is 0 Å². The van der Waals surface area contributed by atoms with Crippen LogP contribution in [-0.4, -0.2) is 33.9 Å². The first kappa shape index (κ1) is 23.4. The fourth-order valence-corrected chi connectivity index (χ4v) is 4.76. The van der Waals surface area contributed by atoms with Crippen LogP contribution in [0.2, 0.25) is 5.02 Å². The van der Waals surface area contributed by atoms with Crippen LogP contribution in [0.4, 0.5) is 0 Å². The standard InChI is InChI=1S/C28H32ClN3O/c1-18-7-10-32(11-8-18)27(33)21-12-19(2)26(24(29)14-21)23-13-22(16-30-17-23)20-6-9-31-25(15-20)28(3,4)5/h6,9,12-18H,7-8,10-11H2,1-5H3. The number of aromatic nitrogens is 2. The predicted molar refractivity (Wildman–Crippen MR) is 136 cm³/mol. The molecule has 4 rings (SSSR count). The van der Waals surface area contributed by atoms with Crippen LogP contribution in [-0.2, 0) is 5.41 Å². The molecule has 3 aromatic rings. The van der Waals surface area contributed by atoms with Crippen molar-refractivity contribution in [1.82, 2.24) is 14.9 Å². The highest BCUT2D eigenvalue weighted by molar-refractivity contribution is 6.34. The topological polar surface area (TPSA) is 46.1 Å². The van der Waals surface area contributed by atoms with Crippen LogP contribution < -0.4 is 0 Å². The summed E-state index contributed by atoms with van der Waals surface area (Å²) in [5, 5.41) is 0.577. The van der Waals surface area contributed by atoms with E-state index >= 15 is 0 Å². The number of aryl methyl sites for hydroxylation is 1. The Morgan fingerprint density at radius 2 is 1.73 bits per heavy atom. The van der Waals surface area contributed by atoms with Gasteiger partial charge in [-0.15, -0.1) is 0 Å². The summed E-state index contributed by atoms with van der Waals surface area (Å²) in [7, 11) is 0. The summed E-state index contributed by atoms with van der Waals surface area (Å²) in [5.41, 5.74) is 6.58. The van der Waals surface area contributed by atoms with E-state index in [4.69, 9.17) is 11.6 Å². The lowest BCUT2D eigenvalue weighted by molar-refractivity contribution is 0.0697. The van der Waals surface area contributed by atoms with E-state index in [1.165, 1.54) is 0 Å². The van der Waals surface area contributed by atoms with Crippen LogP contribution in [0.15, 0.2) is 48.9 Å². The Kier molecular flexibility index (Phi) is 6.58. The summed E-state index contributed by atoms with van der Waals surface area (Å²) < 4.78 is 0. The minimum Gasteiger partial charge on any atom is -0.339 e. The molecule has 1 amide bonds. The molecule has 0 radical (unpaired) electrons. The highest BCUT2D eigenvalue weighted by Crippen LogP contribution is 2.35. The molecule has 33 heavy (non-hydrogen) atoms. The number of hydrogen-bond donors (Lipinski definition) is 0. The molecule has 0 spiro atoms. The zero-order chi connectivity index (χ0) is 23.8. The largest absolute Gasteiger partial charge is 0.339 e. The number of likely N-dealkylation sites (tertiary alicyclic amines) is 1. The van der Waals surface area contributed by atoms with Gasteiger partial charge in [0.2, 0.25) is 0 Å². The summed E-state index contributed by atoms with van der Waals surface area (Å²) >= 11 is 6.75. The molecule has 0 atom stereocenters. The van der Waals surface area contributed by atoms with Gasteiger partial charge in [-0.05, 0) is 67.1 Å². The monoisotopic (exact) mass is 461 g/mol. The fraction of sp³-hybridized carbons (Fsp3) is 0.393. The smallest absolute Gasteiger partial charge is 0.253 e. The number of benzene rings is 1. The number of carbonyl (C=O) groups excluding carboxylic acids is 1. The van der Waals surface area contributed by atoms with Crippen molar-refractivity contribution >= 4 is 17.5 Å². The predicted octanol–water partition coefficient (Wildman–Crippen LogP) is 6.94. The number of carbonyl (C=O) groups is 1. The third-order valence-electron chi connectivity index (χ3n) is 6.49. The maximum atomic E-state index is 13.1. The molecular formula is C28H32ClN3O. The van der Waals surface area contributed by atoms with Gasteiger partial charge in [0.25, 0.3) is 5.91 Å². The van der Waals surface area contributed by atoms with E-state index in [0.717, 1.165) is 59.4 Å². The van der Waals surface area contributed by atoms with E-state index in [2.05, 4.69) is 49.8 Å². The normalized spacial score (nSPS) is 15.0. The van der Waals surface area contributed by atoms with Crippen molar-refractivity contribution in [2.75, 3.05) is 13.1 Å². The van der Waals surface area contributed by atoms with E-state index < -0.39 is 0 Å². The van der Waals surface area contributed by atoms with Crippen molar-refractivity contribution in [3.8, 4) is 22.3 Å². The highest BCUT2D eigenvalue weighted by Gasteiger charge is 2.23. The number of pyridine rings is 2. The number of hydrogen-bond acceptors (Lipinski definition) is 3. The van der Waals surface area contributed by atoms with E-state index in [1.54, 1.807) is 6.07 Å². The molecule has 0 saturated carbocycles. The maximum absolute atomic E-state index is 13.1. The molecule has 0 N–H and O–H groups in total. The molecule has 5 heteroatoms. The number of nitrogens with zero attached hydrogens (tertiary/aromatic N) is 3. The molecule has 0 aliphatic carbocycles. The van der Waals surface area contributed by atoms with Gasteiger partial charge < -0.3 is 4.90 Å². The van der Waals surface area contributed by atoms with Crippen LogP contribution in [0.1, 0.15) is 62.2 Å². The lowest BCUT2D eigenvalue weighted by Crippen LogP contribution is -2.37. The number of piperidine rings is 1. The fourth-order valence-electron chi connectivity index (χ4n) is 4.38. The molecule has 172 valence electrons. The molecule has 1 aliphatic heterocycles. The second-order valence-electron chi connectivity index (χ2n) is 10.3. The average molecular weight is 462 g/mol. The van der Waals surface area contributed by atoms with Crippen LogP contribution in [0.5, 0.6) is 0 Å². The quantitative estimate of drug-likeness (QED) is 0.424. The van der Waals surface area contributed by atoms with E-state index in [-0.39, 0.29) is 11.3 Å². The zero-order valence-corrected chi connectivity index (χ0v) is 20.9. The van der Waals surface area contributed by atoms with Gasteiger partial charge >= 0.3 is 0 Å². The van der Waals surface area contributed by atoms with Crippen LogP contribution >= 0.6 is 11.6 Å². The zero-order valence-electron chi connectivity index (χ0n) is 20.2. The van der Waals surface area contributed by atoms with Crippen molar-refractivity contribution in [2.45, 2.75) is 52.9 Å². The van der Waals surface area contributed by atoms with Crippen molar-refractivity contribution in [3.63, 3.8) is 0 Å². The van der Waals surface area contributed by atoms with E-state index in [9.17, 15) is 4.79 Å². The molecule has 1 fully saturated rings. The van der Waals surface area contributed by atoms with Gasteiger partial charge in [-0.2, -0.15) is 0 Å². The number of rotatable bonds is 3. The van der Waals surface area contributed by atoms with Crippen LogP contribution in [0.25, 0.3) is 22.3 Å². The van der Waals surface area contributed by atoms with Gasteiger partial charge in [0, 0.05) is 70.1 Å². The Bertz CT molecular complexity index is 1150. The lowest BCUT2D eigenvalue weighted by Gasteiger charge is -2.30. The van der Waals surface area contributed by atoms with Crippen LogP contribution in [0.3, 0.4) is 0 Å². The summed E-state index contributed by atoms with van der Waals surface area (Å²) in [5.74, 6) is 0.748. The van der Waals surface area contributed by atoms with Crippen molar-refractivity contribution < 1.29 is 4.79 Å². The summed E-state index contributed by atoms with van der Waals surface area (Å²) in [6.07, 6.45) is 7.66. The third kappa shape index (κ3) is 5.11. The first-order chi connectivity index (χ1) is 15.6. The first-order valence-electron chi connectivity index (χ1n) is 11.6. The lowest BCUT2D eigenvalue weighted by atomic mass is 9.90. The SMILES string of the molecule is Cc1cc(C(=O)N2CCC(C)CC2)cc(Cl)c1-c1cncc(-c2ccnc(C(C)(C)C)c2)c1. The van der Waals surface area contributed by atoms with Gasteiger partial charge in [0.1, 0.15) is 0 Å². The van der Waals surface area contributed by atoms with E-state index in [0.29, 0.717) is 16.5 Å². The molecule has 3 heterocycles. The Balaban J connectivity index is 1.66. The Morgan fingerprint density at radius 3 is 2.39 bits per heavy atom. The second kappa shape index (κ2) is 9.26. The minimum atomic E-state index is -0.0320. The molecule has 1 aromatic carbocycles. The van der Waals surface area contributed by atoms with Gasteiger partial charge in [-0.25, -0.2) is 0 Å². The summed E-state index contributed by atoms with van der Waals surface area (Å²) in [6, 6.07) is 10.00. The van der Waals surface area contributed by atoms with Gasteiger partial charge in [-0.3, -0.25) is 14.8 Å². The maximum Gasteiger partial charge on any atom is 0.253 e. The second-order valence-corrected chi connectivity index (χ2v) is 10.7.